The summed E-state index contributed by atoms with van der Waals surface area (Å²) in [6, 6.07) is 14.0. The third-order valence-electron chi connectivity index (χ3n) is 4.33. The predicted octanol–water partition coefficient (Wildman–Crippen LogP) is 2.64. The Hall–Kier alpha value is -2.38. The molecule has 0 aromatic heterocycles. The van der Waals surface area contributed by atoms with Crippen LogP contribution in [-0.2, 0) is 21.4 Å². The van der Waals surface area contributed by atoms with Gasteiger partial charge < -0.3 is 9.64 Å². The highest BCUT2D eigenvalue weighted by Crippen LogP contribution is 2.36. The number of nitrogens with zero attached hydrogens (tertiary/aromatic N) is 2. The monoisotopic (exact) mass is 374 g/mol. The van der Waals surface area contributed by atoms with Gasteiger partial charge in [0.1, 0.15) is 11.9 Å². The molecule has 26 heavy (non-hydrogen) atoms. The molecule has 1 atom stereocenters. The van der Waals surface area contributed by atoms with Crippen LogP contribution in [0.5, 0.6) is 5.75 Å². The van der Waals surface area contributed by atoms with E-state index in [4.69, 9.17) is 4.74 Å². The Bertz CT molecular complexity index is 912. The van der Waals surface area contributed by atoms with Gasteiger partial charge >= 0.3 is 0 Å². The van der Waals surface area contributed by atoms with Crippen molar-refractivity contribution in [1.82, 2.24) is 4.31 Å². The van der Waals surface area contributed by atoms with E-state index in [0.29, 0.717) is 18.0 Å². The molecule has 6 nitrogen and oxygen atoms in total. The van der Waals surface area contributed by atoms with E-state index in [2.05, 4.69) is 0 Å². The van der Waals surface area contributed by atoms with Crippen LogP contribution in [0.25, 0.3) is 0 Å². The van der Waals surface area contributed by atoms with E-state index in [9.17, 15) is 13.2 Å². The van der Waals surface area contributed by atoms with Crippen molar-refractivity contribution in [2.45, 2.75) is 31.4 Å². The zero-order chi connectivity index (χ0) is 18.9. The Balaban J connectivity index is 1.93. The molecule has 2 aromatic carbocycles. The Morgan fingerprint density at radius 2 is 1.92 bits per heavy atom. The number of carbonyl (C=O) groups excluding carboxylic acids is 1. The number of sulfonamides is 1. The lowest BCUT2D eigenvalue weighted by atomic mass is 10.2. The van der Waals surface area contributed by atoms with E-state index >= 15 is 0 Å². The minimum Gasteiger partial charge on any atom is -0.487 e. The molecule has 0 bridgehead atoms. The number of anilines is 1. The van der Waals surface area contributed by atoms with Gasteiger partial charge in [0.25, 0.3) is 0 Å². The van der Waals surface area contributed by atoms with Crippen molar-refractivity contribution < 1.29 is 17.9 Å². The lowest BCUT2D eigenvalue weighted by Gasteiger charge is -2.33. The van der Waals surface area contributed by atoms with Crippen LogP contribution in [0.3, 0.4) is 0 Å². The number of rotatable bonds is 4. The molecule has 2 aromatic rings. The summed E-state index contributed by atoms with van der Waals surface area (Å²) in [7, 11) is -2.15. The van der Waals surface area contributed by atoms with E-state index in [-0.39, 0.29) is 23.5 Å². The van der Waals surface area contributed by atoms with Gasteiger partial charge in [-0.15, -0.1) is 0 Å². The Morgan fingerprint density at radius 3 is 2.58 bits per heavy atom. The fraction of sp³-hybridized carbons (Fsp3) is 0.316. The predicted molar refractivity (Wildman–Crippen MR) is 99.7 cm³/mol. The summed E-state index contributed by atoms with van der Waals surface area (Å²) in [6.45, 7) is 4.00. The number of hydrogen-bond donors (Lipinski definition) is 0. The van der Waals surface area contributed by atoms with Crippen molar-refractivity contribution in [3.63, 3.8) is 0 Å². The molecule has 0 saturated carbocycles. The molecule has 138 valence electrons. The van der Waals surface area contributed by atoms with Crippen LogP contribution in [0.2, 0.25) is 0 Å². The zero-order valence-electron chi connectivity index (χ0n) is 15.0. The largest absolute Gasteiger partial charge is 0.487 e. The molecule has 0 fully saturated rings. The maximum Gasteiger partial charge on any atom is 0.243 e. The minimum absolute atomic E-state index is 0.138. The van der Waals surface area contributed by atoms with Crippen molar-refractivity contribution in [1.29, 1.82) is 0 Å². The van der Waals surface area contributed by atoms with Gasteiger partial charge in [-0.1, -0.05) is 30.3 Å². The first-order valence-corrected chi connectivity index (χ1v) is 9.82. The highest BCUT2D eigenvalue weighted by Gasteiger charge is 2.29. The fourth-order valence-corrected chi connectivity index (χ4v) is 4.16. The SMILES string of the molecule is CC(=O)N1C[C@@H](C)Oc2ccc(S(=O)(=O)N(C)Cc3ccccc3)cc21. The molecule has 1 aliphatic rings. The minimum atomic E-state index is -3.69. The summed E-state index contributed by atoms with van der Waals surface area (Å²) in [4.78, 5) is 13.6. The Morgan fingerprint density at radius 1 is 1.23 bits per heavy atom. The molecule has 0 unspecified atom stereocenters. The number of ether oxygens (including phenoxy) is 1. The Kier molecular flexibility index (Phi) is 5.02. The number of benzene rings is 2. The highest BCUT2D eigenvalue weighted by atomic mass is 32.2. The maximum atomic E-state index is 12.9. The van der Waals surface area contributed by atoms with Crippen molar-refractivity contribution in [2.24, 2.45) is 0 Å². The van der Waals surface area contributed by atoms with Crippen LogP contribution in [0.15, 0.2) is 53.4 Å². The van der Waals surface area contributed by atoms with Gasteiger partial charge in [-0.05, 0) is 30.7 Å². The molecule has 3 rings (SSSR count). The smallest absolute Gasteiger partial charge is 0.243 e. The second-order valence-electron chi connectivity index (χ2n) is 6.43. The molecule has 1 amide bonds. The van der Waals surface area contributed by atoms with Gasteiger partial charge in [0, 0.05) is 20.5 Å². The molecular formula is C19H22N2O4S. The number of hydrogen-bond acceptors (Lipinski definition) is 4. The van der Waals surface area contributed by atoms with E-state index < -0.39 is 10.0 Å². The summed E-state index contributed by atoms with van der Waals surface area (Å²) in [5.41, 5.74) is 1.39. The fourth-order valence-electron chi connectivity index (χ4n) is 2.98. The summed E-state index contributed by atoms with van der Waals surface area (Å²) >= 11 is 0. The standard InChI is InChI=1S/C19H22N2O4S/c1-14-12-21(15(2)22)18-11-17(9-10-19(18)25-14)26(23,24)20(3)13-16-7-5-4-6-8-16/h4-11,14H,12-13H2,1-3H3/t14-/m1/s1. The lowest BCUT2D eigenvalue weighted by molar-refractivity contribution is -0.117. The van der Waals surface area contributed by atoms with Crippen molar-refractivity contribution in [3.8, 4) is 5.75 Å². The van der Waals surface area contributed by atoms with Gasteiger partial charge in [0.2, 0.25) is 15.9 Å². The molecule has 0 N–H and O–H groups in total. The topological polar surface area (TPSA) is 66.9 Å². The molecule has 0 aliphatic carbocycles. The quantitative estimate of drug-likeness (QED) is 0.825. The zero-order valence-corrected chi connectivity index (χ0v) is 15.9. The van der Waals surface area contributed by atoms with Crippen molar-refractivity contribution >= 4 is 21.6 Å². The first-order chi connectivity index (χ1) is 12.3. The Labute approximate surface area is 154 Å². The number of amides is 1. The number of carbonyl (C=O) groups is 1. The molecular weight excluding hydrogens is 352 g/mol. The summed E-state index contributed by atoms with van der Waals surface area (Å²) in [5, 5.41) is 0. The molecule has 0 saturated heterocycles. The maximum absolute atomic E-state index is 12.9. The average Bonchev–Trinajstić information content (AvgIpc) is 2.61. The van der Waals surface area contributed by atoms with Gasteiger partial charge in [0.05, 0.1) is 17.1 Å². The third kappa shape index (κ3) is 3.59. The van der Waals surface area contributed by atoms with E-state index in [1.165, 1.54) is 23.4 Å². The van der Waals surface area contributed by atoms with E-state index in [1.807, 2.05) is 37.3 Å². The van der Waals surface area contributed by atoms with Crippen LogP contribution < -0.4 is 9.64 Å². The van der Waals surface area contributed by atoms with Crippen LogP contribution in [0.1, 0.15) is 19.4 Å². The highest BCUT2D eigenvalue weighted by molar-refractivity contribution is 7.89. The van der Waals surface area contributed by atoms with Gasteiger partial charge in [-0.2, -0.15) is 4.31 Å². The lowest BCUT2D eigenvalue weighted by Crippen LogP contribution is -2.41. The second-order valence-corrected chi connectivity index (χ2v) is 8.48. The molecule has 1 aliphatic heterocycles. The summed E-state index contributed by atoms with van der Waals surface area (Å²) in [6.07, 6.45) is -0.144. The van der Waals surface area contributed by atoms with Gasteiger partial charge in [0.15, 0.2) is 0 Å². The first-order valence-electron chi connectivity index (χ1n) is 8.38. The van der Waals surface area contributed by atoms with Crippen molar-refractivity contribution in [2.75, 3.05) is 18.5 Å². The van der Waals surface area contributed by atoms with Crippen LogP contribution in [0.4, 0.5) is 5.69 Å². The summed E-state index contributed by atoms with van der Waals surface area (Å²) in [5.74, 6) is 0.372. The molecule has 0 radical (unpaired) electrons. The normalized spacial score (nSPS) is 16.9. The van der Waals surface area contributed by atoms with E-state index in [1.54, 1.807) is 18.0 Å². The third-order valence-corrected chi connectivity index (χ3v) is 6.12. The number of fused-ring (bicyclic) bond motifs is 1. The average molecular weight is 374 g/mol. The van der Waals surface area contributed by atoms with E-state index in [0.717, 1.165) is 5.56 Å². The molecule has 7 heteroatoms. The molecule has 1 heterocycles. The second kappa shape index (κ2) is 7.09. The van der Waals surface area contributed by atoms with Crippen molar-refractivity contribution in [3.05, 3.63) is 54.1 Å². The van der Waals surface area contributed by atoms with Gasteiger partial charge in [-0.25, -0.2) is 8.42 Å². The summed E-state index contributed by atoms with van der Waals surface area (Å²) < 4.78 is 32.9. The van der Waals surface area contributed by atoms with Crippen LogP contribution in [-0.4, -0.2) is 38.3 Å². The van der Waals surface area contributed by atoms with Gasteiger partial charge in [-0.3, -0.25) is 4.79 Å². The first kappa shape index (κ1) is 18.4. The van der Waals surface area contributed by atoms with Crippen LogP contribution in [0, 0.1) is 0 Å². The molecule has 0 spiro atoms. The van der Waals surface area contributed by atoms with Crippen LogP contribution >= 0.6 is 0 Å².